The first-order valence-electron chi connectivity index (χ1n) is 6.79. The van der Waals surface area contributed by atoms with Gasteiger partial charge < -0.3 is 16.0 Å². The van der Waals surface area contributed by atoms with Gasteiger partial charge in [-0.15, -0.1) is 0 Å². The van der Waals surface area contributed by atoms with E-state index in [-0.39, 0.29) is 0 Å². The summed E-state index contributed by atoms with van der Waals surface area (Å²) in [6.07, 6.45) is 6.84. The van der Waals surface area contributed by atoms with Crippen molar-refractivity contribution in [3.63, 3.8) is 0 Å². The highest BCUT2D eigenvalue weighted by atomic mass is 32.2. The van der Waals surface area contributed by atoms with Crippen molar-refractivity contribution in [3.05, 3.63) is 0 Å². The van der Waals surface area contributed by atoms with Crippen molar-refractivity contribution in [1.29, 1.82) is 0 Å². The summed E-state index contributed by atoms with van der Waals surface area (Å²) in [5.41, 5.74) is 5.75. The molecular weight excluding hydrogens is 260 g/mol. The maximum atomic E-state index is 5.75. The monoisotopic (exact) mass is 282 g/mol. The number of aromatic nitrogens is 3. The standard InChI is InChI=1S/C12H22N6S/c1-19-9-5-2-6-14-11-15-10(13)16-12(17-11)18-7-3-4-8-18/h2-9H2,1H3,(H3,13,14,15,16,17). The molecule has 0 aromatic carbocycles. The molecule has 0 radical (unpaired) electrons. The van der Waals surface area contributed by atoms with Crippen LogP contribution in [0.1, 0.15) is 25.7 Å². The largest absolute Gasteiger partial charge is 0.368 e. The number of unbranched alkanes of at least 4 members (excludes halogenated alkanes) is 1. The van der Waals surface area contributed by atoms with E-state index >= 15 is 0 Å². The van der Waals surface area contributed by atoms with Crippen LogP contribution in [0, 0.1) is 0 Å². The number of rotatable bonds is 7. The molecular formula is C12H22N6S. The molecule has 0 unspecified atom stereocenters. The second-order valence-electron chi connectivity index (χ2n) is 4.64. The Bertz CT molecular complexity index is 394. The molecule has 1 aliphatic heterocycles. The topological polar surface area (TPSA) is 80.0 Å². The lowest BCUT2D eigenvalue weighted by Crippen LogP contribution is -2.22. The lowest BCUT2D eigenvalue weighted by atomic mass is 10.3. The molecule has 1 aliphatic rings. The van der Waals surface area contributed by atoms with Crippen LogP contribution < -0.4 is 16.0 Å². The van der Waals surface area contributed by atoms with Gasteiger partial charge in [0.25, 0.3) is 0 Å². The third-order valence-corrected chi connectivity index (χ3v) is 3.79. The van der Waals surface area contributed by atoms with Crippen molar-refractivity contribution in [1.82, 2.24) is 15.0 Å². The first-order chi connectivity index (χ1) is 9.29. The molecule has 1 saturated heterocycles. The van der Waals surface area contributed by atoms with Crippen molar-refractivity contribution < 1.29 is 0 Å². The molecule has 0 spiro atoms. The van der Waals surface area contributed by atoms with Gasteiger partial charge in [-0.25, -0.2) is 0 Å². The van der Waals surface area contributed by atoms with Crippen molar-refractivity contribution in [2.75, 3.05) is 47.6 Å². The summed E-state index contributed by atoms with van der Waals surface area (Å²) in [6, 6.07) is 0. The van der Waals surface area contributed by atoms with Gasteiger partial charge in [-0.3, -0.25) is 0 Å². The number of thioether (sulfide) groups is 1. The molecule has 1 aromatic heterocycles. The normalized spacial score (nSPS) is 14.9. The Morgan fingerprint density at radius 1 is 1.21 bits per heavy atom. The molecule has 2 rings (SSSR count). The highest BCUT2D eigenvalue weighted by Crippen LogP contribution is 2.17. The van der Waals surface area contributed by atoms with E-state index in [9.17, 15) is 0 Å². The van der Waals surface area contributed by atoms with E-state index in [1.807, 2.05) is 11.8 Å². The first-order valence-corrected chi connectivity index (χ1v) is 8.18. The number of hydrogen-bond donors (Lipinski definition) is 2. The maximum absolute atomic E-state index is 5.75. The van der Waals surface area contributed by atoms with Crippen LogP contribution in [0.2, 0.25) is 0 Å². The molecule has 1 aromatic rings. The predicted molar refractivity (Wildman–Crippen MR) is 81.8 cm³/mol. The number of nitrogens with two attached hydrogens (primary N) is 1. The van der Waals surface area contributed by atoms with Crippen molar-refractivity contribution in [3.8, 4) is 0 Å². The van der Waals surface area contributed by atoms with E-state index in [1.54, 1.807) is 0 Å². The molecule has 0 atom stereocenters. The SMILES string of the molecule is CSCCCCNc1nc(N)nc(N2CCCC2)n1. The number of nitrogens with zero attached hydrogens (tertiary/aromatic N) is 4. The van der Waals surface area contributed by atoms with E-state index in [2.05, 4.69) is 31.4 Å². The van der Waals surface area contributed by atoms with Crippen molar-refractivity contribution in [2.24, 2.45) is 0 Å². The Morgan fingerprint density at radius 2 is 2.00 bits per heavy atom. The van der Waals surface area contributed by atoms with Gasteiger partial charge in [-0.05, 0) is 37.7 Å². The van der Waals surface area contributed by atoms with Crippen LogP contribution in [-0.4, -0.2) is 46.6 Å². The molecule has 106 valence electrons. The van der Waals surface area contributed by atoms with Gasteiger partial charge in [0.2, 0.25) is 17.8 Å². The van der Waals surface area contributed by atoms with Gasteiger partial charge in [-0.1, -0.05) is 0 Å². The molecule has 0 bridgehead atoms. The van der Waals surface area contributed by atoms with E-state index in [4.69, 9.17) is 5.73 Å². The molecule has 1 fully saturated rings. The summed E-state index contributed by atoms with van der Waals surface area (Å²) >= 11 is 1.87. The van der Waals surface area contributed by atoms with E-state index in [1.165, 1.54) is 25.0 Å². The van der Waals surface area contributed by atoms with Crippen LogP contribution >= 0.6 is 11.8 Å². The van der Waals surface area contributed by atoms with Crippen LogP contribution in [-0.2, 0) is 0 Å². The Hall–Kier alpha value is -1.24. The lowest BCUT2D eigenvalue weighted by Gasteiger charge is -2.16. The average Bonchev–Trinajstić information content (AvgIpc) is 2.92. The van der Waals surface area contributed by atoms with Gasteiger partial charge in [0.1, 0.15) is 0 Å². The molecule has 7 heteroatoms. The summed E-state index contributed by atoms with van der Waals surface area (Å²) in [4.78, 5) is 15.0. The van der Waals surface area contributed by atoms with Crippen LogP contribution in [0.5, 0.6) is 0 Å². The Morgan fingerprint density at radius 3 is 2.74 bits per heavy atom. The average molecular weight is 282 g/mol. The van der Waals surface area contributed by atoms with E-state index < -0.39 is 0 Å². The van der Waals surface area contributed by atoms with Gasteiger partial charge in [0.15, 0.2) is 0 Å². The van der Waals surface area contributed by atoms with Crippen LogP contribution in [0.15, 0.2) is 0 Å². The van der Waals surface area contributed by atoms with Crippen molar-refractivity contribution >= 4 is 29.6 Å². The van der Waals surface area contributed by atoms with Crippen molar-refractivity contribution in [2.45, 2.75) is 25.7 Å². The zero-order chi connectivity index (χ0) is 13.5. The number of nitrogens with one attached hydrogen (secondary N) is 1. The minimum atomic E-state index is 0.295. The quantitative estimate of drug-likeness (QED) is 0.735. The third kappa shape index (κ3) is 4.41. The first kappa shape index (κ1) is 14.2. The molecule has 3 N–H and O–H groups in total. The Balaban J connectivity index is 1.89. The highest BCUT2D eigenvalue weighted by Gasteiger charge is 2.16. The lowest BCUT2D eigenvalue weighted by molar-refractivity contribution is 0.826. The summed E-state index contributed by atoms with van der Waals surface area (Å²) in [5.74, 6) is 2.79. The van der Waals surface area contributed by atoms with Gasteiger partial charge in [-0.2, -0.15) is 26.7 Å². The fraction of sp³-hybridized carbons (Fsp3) is 0.750. The molecule has 6 nitrogen and oxygen atoms in total. The molecule has 0 aliphatic carbocycles. The summed E-state index contributed by atoms with van der Waals surface area (Å²) in [6.45, 7) is 2.90. The summed E-state index contributed by atoms with van der Waals surface area (Å²) in [5, 5.41) is 3.23. The smallest absolute Gasteiger partial charge is 0.231 e. The van der Waals surface area contributed by atoms with Gasteiger partial charge in [0, 0.05) is 19.6 Å². The fourth-order valence-electron chi connectivity index (χ4n) is 2.09. The second-order valence-corrected chi connectivity index (χ2v) is 5.62. The van der Waals surface area contributed by atoms with Crippen LogP contribution in [0.3, 0.4) is 0 Å². The summed E-state index contributed by atoms with van der Waals surface area (Å²) in [7, 11) is 0. The maximum Gasteiger partial charge on any atom is 0.231 e. The number of nitrogen functional groups attached to an aromatic ring is 1. The number of anilines is 3. The fourth-order valence-corrected chi connectivity index (χ4v) is 2.58. The van der Waals surface area contributed by atoms with Crippen LogP contribution in [0.4, 0.5) is 17.8 Å². The van der Waals surface area contributed by atoms with Crippen LogP contribution in [0.25, 0.3) is 0 Å². The zero-order valence-electron chi connectivity index (χ0n) is 11.4. The zero-order valence-corrected chi connectivity index (χ0v) is 12.2. The predicted octanol–water partition coefficient (Wildman–Crippen LogP) is 1.61. The molecule has 2 heterocycles. The Labute approximate surface area is 118 Å². The molecule has 0 saturated carbocycles. The second kappa shape index (κ2) is 7.37. The minimum Gasteiger partial charge on any atom is -0.368 e. The van der Waals surface area contributed by atoms with Gasteiger partial charge in [0.05, 0.1) is 0 Å². The van der Waals surface area contributed by atoms with Gasteiger partial charge >= 0.3 is 0 Å². The highest BCUT2D eigenvalue weighted by molar-refractivity contribution is 7.98. The minimum absolute atomic E-state index is 0.295. The molecule has 0 amide bonds. The Kier molecular flexibility index (Phi) is 5.50. The molecule has 19 heavy (non-hydrogen) atoms. The summed E-state index contributed by atoms with van der Waals surface area (Å²) < 4.78 is 0. The number of hydrogen-bond acceptors (Lipinski definition) is 7. The third-order valence-electron chi connectivity index (χ3n) is 3.09. The van der Waals surface area contributed by atoms with E-state index in [0.717, 1.165) is 26.1 Å². The van der Waals surface area contributed by atoms with E-state index in [0.29, 0.717) is 17.8 Å².